The smallest absolute Gasteiger partial charge is 0.250 e. The van der Waals surface area contributed by atoms with Gasteiger partial charge in [0.2, 0.25) is 5.91 Å². The molecule has 0 aromatic heterocycles. The Morgan fingerprint density at radius 1 is 1.29 bits per heavy atom. The fourth-order valence-corrected chi connectivity index (χ4v) is 3.47. The number of benzene rings is 1. The van der Waals surface area contributed by atoms with Crippen LogP contribution in [-0.2, 0) is 9.59 Å². The summed E-state index contributed by atoms with van der Waals surface area (Å²) < 4.78 is 0. The van der Waals surface area contributed by atoms with Gasteiger partial charge in [0, 0.05) is 17.3 Å². The quantitative estimate of drug-likeness (QED) is 0.843. The van der Waals surface area contributed by atoms with Crippen LogP contribution in [0.25, 0.3) is 0 Å². The molecule has 2 amide bonds. The number of hydrogen-bond acceptors (Lipinski definition) is 2. The standard InChI is InChI=1S/C16H19ClN2O2/c1-3-13-15(20)18-8-4-5-14(18)16(21)19(13)11-7-6-10(2)12(17)9-11/h6-7,9,13-14H,3-5,8H2,1-2H3. The Labute approximate surface area is 129 Å². The van der Waals surface area contributed by atoms with Crippen molar-refractivity contribution in [2.75, 3.05) is 11.4 Å². The SMILES string of the molecule is CCC1C(=O)N2CCCC2C(=O)N1c1ccc(C)c(Cl)c1. The average molecular weight is 307 g/mol. The highest BCUT2D eigenvalue weighted by atomic mass is 35.5. The van der Waals surface area contributed by atoms with Gasteiger partial charge in [0.15, 0.2) is 0 Å². The van der Waals surface area contributed by atoms with Crippen LogP contribution in [0.1, 0.15) is 31.7 Å². The maximum Gasteiger partial charge on any atom is 0.250 e. The van der Waals surface area contributed by atoms with Crippen molar-refractivity contribution in [1.82, 2.24) is 4.90 Å². The molecule has 2 aliphatic rings. The molecule has 0 aliphatic carbocycles. The number of piperazine rings is 1. The molecule has 3 rings (SSSR count). The number of halogens is 1. The van der Waals surface area contributed by atoms with Gasteiger partial charge in [-0.2, -0.15) is 0 Å². The van der Waals surface area contributed by atoms with Crippen LogP contribution >= 0.6 is 11.6 Å². The zero-order valence-corrected chi connectivity index (χ0v) is 13.1. The van der Waals surface area contributed by atoms with Gasteiger partial charge in [-0.15, -0.1) is 0 Å². The molecule has 21 heavy (non-hydrogen) atoms. The number of aryl methyl sites for hydroxylation is 1. The van der Waals surface area contributed by atoms with Gasteiger partial charge in [-0.1, -0.05) is 24.6 Å². The fraction of sp³-hybridized carbons (Fsp3) is 0.500. The molecule has 2 aliphatic heterocycles. The molecule has 2 fully saturated rings. The molecule has 1 aromatic rings. The molecule has 2 unspecified atom stereocenters. The molecular formula is C16H19ClN2O2. The Morgan fingerprint density at radius 2 is 2.05 bits per heavy atom. The lowest BCUT2D eigenvalue weighted by molar-refractivity contribution is -0.144. The molecule has 0 saturated carbocycles. The lowest BCUT2D eigenvalue weighted by atomic mass is 10.0. The van der Waals surface area contributed by atoms with Crippen molar-refractivity contribution in [1.29, 1.82) is 0 Å². The Hall–Kier alpha value is -1.55. The second kappa shape index (κ2) is 5.34. The summed E-state index contributed by atoms with van der Waals surface area (Å²) in [7, 11) is 0. The van der Waals surface area contributed by atoms with E-state index < -0.39 is 6.04 Å². The maximum atomic E-state index is 12.8. The number of nitrogens with zero attached hydrogens (tertiary/aromatic N) is 2. The van der Waals surface area contributed by atoms with Crippen molar-refractivity contribution in [2.24, 2.45) is 0 Å². The normalized spacial score (nSPS) is 25.5. The van der Waals surface area contributed by atoms with Gasteiger partial charge in [0.1, 0.15) is 12.1 Å². The predicted octanol–water partition coefficient (Wildman–Crippen LogP) is 2.76. The highest BCUT2D eigenvalue weighted by Crippen LogP contribution is 2.33. The lowest BCUT2D eigenvalue weighted by Crippen LogP contribution is -2.63. The Morgan fingerprint density at radius 3 is 2.71 bits per heavy atom. The summed E-state index contributed by atoms with van der Waals surface area (Å²) in [5, 5.41) is 0.622. The van der Waals surface area contributed by atoms with Crippen LogP contribution < -0.4 is 4.90 Å². The van der Waals surface area contributed by atoms with Crippen molar-refractivity contribution in [3.63, 3.8) is 0 Å². The lowest BCUT2D eigenvalue weighted by Gasteiger charge is -2.42. The summed E-state index contributed by atoms with van der Waals surface area (Å²) in [6.45, 7) is 4.56. The predicted molar refractivity (Wildman–Crippen MR) is 82.5 cm³/mol. The number of rotatable bonds is 2. The van der Waals surface area contributed by atoms with E-state index in [2.05, 4.69) is 0 Å². The number of carbonyl (C=O) groups is 2. The number of hydrogen-bond donors (Lipinski definition) is 0. The van der Waals surface area contributed by atoms with Gasteiger partial charge < -0.3 is 4.90 Å². The molecule has 2 atom stereocenters. The van der Waals surface area contributed by atoms with Crippen LogP contribution in [0.5, 0.6) is 0 Å². The van der Waals surface area contributed by atoms with Crippen LogP contribution in [0, 0.1) is 6.92 Å². The van der Waals surface area contributed by atoms with Gasteiger partial charge in [0.25, 0.3) is 5.91 Å². The van der Waals surface area contributed by atoms with E-state index in [1.807, 2.05) is 26.0 Å². The topological polar surface area (TPSA) is 40.6 Å². The van der Waals surface area contributed by atoms with Crippen molar-refractivity contribution >= 4 is 29.1 Å². The molecule has 4 nitrogen and oxygen atoms in total. The zero-order chi connectivity index (χ0) is 15.1. The average Bonchev–Trinajstić information content (AvgIpc) is 2.95. The molecule has 0 N–H and O–H groups in total. The second-order valence-electron chi connectivity index (χ2n) is 5.76. The van der Waals surface area contributed by atoms with Gasteiger partial charge >= 0.3 is 0 Å². The zero-order valence-electron chi connectivity index (χ0n) is 12.3. The molecule has 5 heteroatoms. The first-order chi connectivity index (χ1) is 10.0. The third kappa shape index (κ3) is 2.22. The van der Waals surface area contributed by atoms with Gasteiger partial charge in [0.05, 0.1) is 0 Å². The highest BCUT2D eigenvalue weighted by molar-refractivity contribution is 6.31. The molecule has 0 radical (unpaired) electrons. The molecule has 1 aromatic carbocycles. The molecule has 112 valence electrons. The van der Waals surface area contributed by atoms with E-state index in [1.165, 1.54) is 0 Å². The van der Waals surface area contributed by atoms with Crippen LogP contribution in [0.2, 0.25) is 5.02 Å². The van der Waals surface area contributed by atoms with Crippen LogP contribution in [0.3, 0.4) is 0 Å². The summed E-state index contributed by atoms with van der Waals surface area (Å²) >= 11 is 6.19. The minimum absolute atomic E-state index is 0.0267. The first-order valence-corrected chi connectivity index (χ1v) is 7.82. The van der Waals surface area contributed by atoms with Gasteiger partial charge in [-0.05, 0) is 43.9 Å². The summed E-state index contributed by atoms with van der Waals surface area (Å²) in [6, 6.07) is 4.85. The summed E-state index contributed by atoms with van der Waals surface area (Å²) in [5.74, 6) is 0.0927. The van der Waals surface area contributed by atoms with E-state index in [1.54, 1.807) is 15.9 Å². The van der Waals surface area contributed by atoms with E-state index in [4.69, 9.17) is 11.6 Å². The molecule has 2 heterocycles. The van der Waals surface area contributed by atoms with E-state index in [0.29, 0.717) is 18.0 Å². The minimum Gasteiger partial charge on any atom is -0.329 e. The summed E-state index contributed by atoms with van der Waals surface area (Å²) in [4.78, 5) is 28.8. The Bertz CT molecular complexity index is 602. The van der Waals surface area contributed by atoms with Gasteiger partial charge in [-0.25, -0.2) is 0 Å². The van der Waals surface area contributed by atoms with E-state index in [9.17, 15) is 9.59 Å². The van der Waals surface area contributed by atoms with Crippen LogP contribution in [0.15, 0.2) is 18.2 Å². The number of carbonyl (C=O) groups excluding carboxylic acids is 2. The largest absolute Gasteiger partial charge is 0.329 e. The van der Waals surface area contributed by atoms with Crippen molar-refractivity contribution in [3.05, 3.63) is 28.8 Å². The second-order valence-corrected chi connectivity index (χ2v) is 6.16. The summed E-state index contributed by atoms with van der Waals surface area (Å²) in [6.07, 6.45) is 2.28. The minimum atomic E-state index is -0.411. The fourth-order valence-electron chi connectivity index (χ4n) is 3.30. The van der Waals surface area contributed by atoms with Crippen molar-refractivity contribution < 1.29 is 9.59 Å². The van der Waals surface area contributed by atoms with Gasteiger partial charge in [-0.3, -0.25) is 14.5 Å². The van der Waals surface area contributed by atoms with E-state index in [-0.39, 0.29) is 17.9 Å². The summed E-state index contributed by atoms with van der Waals surface area (Å²) in [5.41, 5.74) is 1.69. The Balaban J connectivity index is 2.03. The number of anilines is 1. The first-order valence-electron chi connectivity index (χ1n) is 7.44. The third-order valence-electron chi connectivity index (χ3n) is 4.48. The van der Waals surface area contributed by atoms with Crippen molar-refractivity contribution in [3.8, 4) is 0 Å². The Kier molecular flexibility index (Phi) is 3.66. The number of amides is 2. The number of fused-ring (bicyclic) bond motifs is 1. The van der Waals surface area contributed by atoms with Crippen LogP contribution in [0.4, 0.5) is 5.69 Å². The first kappa shape index (κ1) is 14.4. The maximum absolute atomic E-state index is 12.8. The van der Waals surface area contributed by atoms with Crippen molar-refractivity contribution in [2.45, 2.75) is 45.2 Å². The molecule has 0 spiro atoms. The van der Waals surface area contributed by atoms with E-state index in [0.717, 1.165) is 24.1 Å². The molecule has 0 bridgehead atoms. The highest BCUT2D eigenvalue weighted by Gasteiger charge is 2.47. The van der Waals surface area contributed by atoms with Crippen LogP contribution in [-0.4, -0.2) is 35.3 Å². The monoisotopic (exact) mass is 306 g/mol. The molecule has 2 saturated heterocycles. The molecular weight excluding hydrogens is 288 g/mol. The third-order valence-corrected chi connectivity index (χ3v) is 4.88. The van der Waals surface area contributed by atoms with E-state index >= 15 is 0 Å².